The topological polar surface area (TPSA) is 55.1 Å². The van der Waals surface area contributed by atoms with Gasteiger partial charge in [-0.25, -0.2) is 0 Å². The van der Waals surface area contributed by atoms with Crippen LogP contribution in [0.2, 0.25) is 0 Å². The molecule has 2 unspecified atom stereocenters. The molecule has 0 bridgehead atoms. The van der Waals surface area contributed by atoms with Gasteiger partial charge in [0, 0.05) is 22.5 Å². The van der Waals surface area contributed by atoms with E-state index in [0.29, 0.717) is 22.5 Å². The van der Waals surface area contributed by atoms with E-state index in [1.54, 1.807) is 12.1 Å². The molecule has 20 heavy (non-hydrogen) atoms. The Morgan fingerprint density at radius 2 is 2.15 bits per heavy atom. The van der Waals surface area contributed by atoms with Gasteiger partial charge < -0.3 is 11.1 Å². The highest BCUT2D eigenvalue weighted by Crippen LogP contribution is 2.28. The van der Waals surface area contributed by atoms with Gasteiger partial charge in [0.05, 0.1) is 0 Å². The molecular weight excluding hydrogens is 292 g/mol. The monoisotopic (exact) mass is 314 g/mol. The molecule has 1 amide bonds. The molecule has 0 radical (unpaired) electrons. The molecule has 5 heteroatoms. The second-order valence-electron chi connectivity index (χ2n) is 4.98. The van der Waals surface area contributed by atoms with Crippen LogP contribution in [0, 0.1) is 0 Å². The van der Waals surface area contributed by atoms with Crippen LogP contribution >= 0.6 is 24.2 Å². The molecule has 1 fully saturated rings. The van der Waals surface area contributed by atoms with E-state index in [-0.39, 0.29) is 18.3 Å². The fourth-order valence-corrected chi connectivity index (χ4v) is 3.81. The molecule has 0 saturated heterocycles. The quantitative estimate of drug-likeness (QED) is 0.837. The zero-order valence-electron chi connectivity index (χ0n) is 11.8. The van der Waals surface area contributed by atoms with Crippen LogP contribution in [0.3, 0.4) is 0 Å². The third-order valence-corrected chi connectivity index (χ3v) is 4.87. The maximum atomic E-state index is 12.2. The van der Waals surface area contributed by atoms with Gasteiger partial charge in [0.2, 0.25) is 0 Å². The molecule has 112 valence electrons. The van der Waals surface area contributed by atoms with Crippen LogP contribution in [-0.4, -0.2) is 23.0 Å². The van der Waals surface area contributed by atoms with E-state index in [0.717, 1.165) is 12.2 Å². The summed E-state index contributed by atoms with van der Waals surface area (Å²) in [7, 11) is 0. The van der Waals surface area contributed by atoms with Gasteiger partial charge in [0.15, 0.2) is 0 Å². The SMILES string of the molecule is CCSC1CCCCC1NC(=O)c1cccc(N)c1.Cl. The van der Waals surface area contributed by atoms with Gasteiger partial charge in [-0.15, -0.1) is 12.4 Å². The van der Waals surface area contributed by atoms with Crippen molar-refractivity contribution >= 4 is 35.8 Å². The molecule has 0 spiro atoms. The second-order valence-corrected chi connectivity index (χ2v) is 6.50. The maximum absolute atomic E-state index is 12.2. The molecule has 2 rings (SSSR count). The lowest BCUT2D eigenvalue weighted by molar-refractivity contribution is 0.0929. The Hall–Kier alpha value is -0.870. The smallest absolute Gasteiger partial charge is 0.251 e. The average Bonchev–Trinajstić information content (AvgIpc) is 2.41. The molecule has 1 aliphatic carbocycles. The first-order valence-electron chi connectivity index (χ1n) is 6.98. The van der Waals surface area contributed by atoms with Crippen LogP contribution in [0.25, 0.3) is 0 Å². The van der Waals surface area contributed by atoms with Crippen molar-refractivity contribution in [2.75, 3.05) is 11.5 Å². The van der Waals surface area contributed by atoms with Gasteiger partial charge in [0.1, 0.15) is 0 Å². The average molecular weight is 315 g/mol. The summed E-state index contributed by atoms with van der Waals surface area (Å²) >= 11 is 1.96. The van der Waals surface area contributed by atoms with E-state index in [4.69, 9.17) is 5.73 Å². The summed E-state index contributed by atoms with van der Waals surface area (Å²) < 4.78 is 0. The normalized spacial score (nSPS) is 21.9. The van der Waals surface area contributed by atoms with Crippen molar-refractivity contribution in [3.8, 4) is 0 Å². The van der Waals surface area contributed by atoms with Crippen LogP contribution in [0.15, 0.2) is 24.3 Å². The summed E-state index contributed by atoms with van der Waals surface area (Å²) in [6, 6.07) is 7.47. The highest BCUT2D eigenvalue weighted by molar-refractivity contribution is 7.99. The first kappa shape index (κ1) is 17.2. The summed E-state index contributed by atoms with van der Waals surface area (Å²) in [4.78, 5) is 12.2. The van der Waals surface area contributed by atoms with Crippen molar-refractivity contribution in [2.45, 2.75) is 43.9 Å². The van der Waals surface area contributed by atoms with Crippen molar-refractivity contribution in [1.82, 2.24) is 5.32 Å². The van der Waals surface area contributed by atoms with E-state index in [1.165, 1.54) is 19.3 Å². The number of amides is 1. The molecular formula is C15H23ClN2OS. The number of nitrogen functional groups attached to an aromatic ring is 1. The largest absolute Gasteiger partial charge is 0.399 e. The number of carbonyl (C=O) groups excluding carboxylic acids is 1. The third-order valence-electron chi connectivity index (χ3n) is 3.55. The lowest BCUT2D eigenvalue weighted by Crippen LogP contribution is -2.43. The Kier molecular flexibility index (Phi) is 7.24. The van der Waals surface area contributed by atoms with Crippen molar-refractivity contribution < 1.29 is 4.79 Å². The number of halogens is 1. The van der Waals surface area contributed by atoms with E-state index in [2.05, 4.69) is 12.2 Å². The van der Waals surface area contributed by atoms with E-state index >= 15 is 0 Å². The predicted octanol–water partition coefficient (Wildman–Crippen LogP) is 3.48. The predicted molar refractivity (Wildman–Crippen MR) is 89.7 cm³/mol. The van der Waals surface area contributed by atoms with Crippen LogP contribution < -0.4 is 11.1 Å². The van der Waals surface area contributed by atoms with E-state index in [1.807, 2.05) is 23.9 Å². The summed E-state index contributed by atoms with van der Waals surface area (Å²) in [5, 5.41) is 3.74. The fraction of sp³-hybridized carbons (Fsp3) is 0.533. The summed E-state index contributed by atoms with van der Waals surface area (Å²) in [6.07, 6.45) is 4.79. The molecule has 1 aromatic rings. The number of hydrogen-bond donors (Lipinski definition) is 2. The number of nitrogens with two attached hydrogens (primary N) is 1. The number of rotatable bonds is 4. The standard InChI is InChI=1S/C15H22N2OS.ClH/c1-2-19-14-9-4-3-8-13(14)17-15(18)11-6-5-7-12(16)10-11;/h5-7,10,13-14H,2-4,8-9,16H2,1H3,(H,17,18);1H. The highest BCUT2D eigenvalue weighted by atomic mass is 35.5. The van der Waals surface area contributed by atoms with E-state index in [9.17, 15) is 4.79 Å². The van der Waals surface area contributed by atoms with Crippen molar-refractivity contribution in [3.63, 3.8) is 0 Å². The number of hydrogen-bond acceptors (Lipinski definition) is 3. The fourth-order valence-electron chi connectivity index (χ4n) is 2.61. The summed E-state index contributed by atoms with van der Waals surface area (Å²) in [5.74, 6) is 1.11. The molecule has 1 aromatic carbocycles. The van der Waals surface area contributed by atoms with Gasteiger partial charge in [-0.3, -0.25) is 4.79 Å². The molecule has 0 aromatic heterocycles. The Morgan fingerprint density at radius 1 is 1.40 bits per heavy atom. The lowest BCUT2D eigenvalue weighted by Gasteiger charge is -2.31. The van der Waals surface area contributed by atoms with Crippen molar-refractivity contribution in [1.29, 1.82) is 0 Å². The highest BCUT2D eigenvalue weighted by Gasteiger charge is 2.26. The minimum absolute atomic E-state index is 0. The Labute approximate surface area is 131 Å². The van der Waals surface area contributed by atoms with Crippen molar-refractivity contribution in [2.24, 2.45) is 0 Å². The van der Waals surface area contributed by atoms with Gasteiger partial charge in [-0.2, -0.15) is 11.8 Å². The Bertz CT molecular complexity index is 440. The molecule has 2 atom stereocenters. The van der Waals surface area contributed by atoms with Gasteiger partial charge in [-0.05, 0) is 36.8 Å². The molecule has 3 N–H and O–H groups in total. The number of carbonyl (C=O) groups is 1. The molecule has 1 aliphatic rings. The summed E-state index contributed by atoms with van der Waals surface area (Å²) in [6.45, 7) is 2.18. The summed E-state index contributed by atoms with van der Waals surface area (Å²) in [5.41, 5.74) is 7.01. The lowest BCUT2D eigenvalue weighted by atomic mass is 9.94. The van der Waals surface area contributed by atoms with Crippen molar-refractivity contribution in [3.05, 3.63) is 29.8 Å². The molecule has 0 aliphatic heterocycles. The minimum atomic E-state index is 0. The first-order valence-corrected chi connectivity index (χ1v) is 8.03. The Balaban J connectivity index is 0.00000200. The maximum Gasteiger partial charge on any atom is 0.251 e. The molecule has 3 nitrogen and oxygen atoms in total. The van der Waals surface area contributed by atoms with Gasteiger partial charge in [0.25, 0.3) is 5.91 Å². The number of thioether (sulfide) groups is 1. The second kappa shape index (κ2) is 8.42. The minimum Gasteiger partial charge on any atom is -0.399 e. The zero-order chi connectivity index (χ0) is 13.7. The first-order chi connectivity index (χ1) is 9.20. The molecule has 1 saturated carbocycles. The van der Waals surface area contributed by atoms with Crippen LogP contribution in [-0.2, 0) is 0 Å². The zero-order valence-corrected chi connectivity index (χ0v) is 13.4. The van der Waals surface area contributed by atoms with Crippen LogP contribution in [0.5, 0.6) is 0 Å². The van der Waals surface area contributed by atoms with Crippen LogP contribution in [0.1, 0.15) is 43.0 Å². The van der Waals surface area contributed by atoms with E-state index < -0.39 is 0 Å². The Morgan fingerprint density at radius 3 is 2.85 bits per heavy atom. The van der Waals surface area contributed by atoms with Gasteiger partial charge >= 0.3 is 0 Å². The number of anilines is 1. The number of benzene rings is 1. The van der Waals surface area contributed by atoms with Gasteiger partial charge in [-0.1, -0.05) is 25.8 Å². The third kappa shape index (κ3) is 4.60. The number of nitrogens with one attached hydrogen (secondary N) is 1. The van der Waals surface area contributed by atoms with Crippen LogP contribution in [0.4, 0.5) is 5.69 Å². The molecule has 0 heterocycles.